The molecule has 0 amide bonds. The molecule has 0 aromatic heterocycles. The van der Waals surface area contributed by atoms with Crippen LogP contribution >= 0.6 is 15.9 Å². The molecule has 2 unspecified atom stereocenters. The highest BCUT2D eigenvalue weighted by Crippen LogP contribution is 2.32. The summed E-state index contributed by atoms with van der Waals surface area (Å²) in [5.41, 5.74) is 0. The summed E-state index contributed by atoms with van der Waals surface area (Å²) in [7, 11) is 0. The summed E-state index contributed by atoms with van der Waals surface area (Å²) < 4.78 is -0.809. The summed E-state index contributed by atoms with van der Waals surface area (Å²) in [6.07, 6.45) is 8.53. The lowest BCUT2D eigenvalue weighted by atomic mass is 9.95. The monoisotopic (exact) mass is 202 g/mol. The van der Waals surface area contributed by atoms with E-state index in [-0.39, 0.29) is 5.92 Å². The van der Waals surface area contributed by atoms with Gasteiger partial charge in [-0.25, -0.2) is 0 Å². The third kappa shape index (κ3) is 1.50. The average Bonchev–Trinajstić information content (AvgIpc) is 1.87. The zero-order chi connectivity index (χ0) is 7.61. The molecule has 0 radical (unpaired) electrons. The lowest BCUT2D eigenvalue weighted by molar-refractivity contribution is 0.145. The number of allylic oxidation sites excluding steroid dienone is 2. The first-order valence-corrected chi connectivity index (χ1v) is 4.23. The molecule has 10 heavy (non-hydrogen) atoms. The molecule has 0 aromatic rings. The smallest absolute Gasteiger partial charge is 0.144 e. The van der Waals surface area contributed by atoms with Crippen molar-refractivity contribution in [3.63, 3.8) is 0 Å². The van der Waals surface area contributed by atoms with Gasteiger partial charge < -0.3 is 5.11 Å². The van der Waals surface area contributed by atoms with Crippen LogP contribution < -0.4 is 0 Å². The summed E-state index contributed by atoms with van der Waals surface area (Å²) >= 11 is 3.24. The Kier molecular flexibility index (Phi) is 2.32. The molecule has 0 spiro atoms. The van der Waals surface area contributed by atoms with E-state index < -0.39 is 4.51 Å². The van der Waals surface area contributed by atoms with Gasteiger partial charge in [0.25, 0.3) is 0 Å². The Balaban J connectivity index is 2.74. The Morgan fingerprint density at radius 3 is 2.70 bits per heavy atom. The molecule has 1 aliphatic rings. The molecule has 1 aliphatic carbocycles. The number of rotatable bonds is 1. The van der Waals surface area contributed by atoms with Gasteiger partial charge in [0.2, 0.25) is 0 Å². The van der Waals surface area contributed by atoms with Crippen LogP contribution in [-0.4, -0.2) is 9.62 Å². The molecule has 56 valence electrons. The van der Waals surface area contributed by atoms with E-state index in [0.29, 0.717) is 0 Å². The quantitative estimate of drug-likeness (QED) is 0.648. The van der Waals surface area contributed by atoms with Crippen molar-refractivity contribution in [3.05, 3.63) is 24.3 Å². The number of alkyl halides is 1. The maximum Gasteiger partial charge on any atom is 0.144 e. The van der Waals surface area contributed by atoms with Crippen LogP contribution in [-0.2, 0) is 0 Å². The predicted octanol–water partition coefficient (Wildman–Crippen LogP) is 2.22. The molecule has 0 aromatic carbocycles. The Hall–Kier alpha value is -0.0800. The number of aliphatic hydroxyl groups is 1. The normalized spacial score (nSPS) is 38.5. The second-order valence-electron chi connectivity index (χ2n) is 2.49. The van der Waals surface area contributed by atoms with Gasteiger partial charge in [-0.15, -0.1) is 0 Å². The highest BCUT2D eigenvalue weighted by molar-refractivity contribution is 9.10. The first-order valence-electron chi connectivity index (χ1n) is 3.44. The van der Waals surface area contributed by atoms with Crippen molar-refractivity contribution in [2.75, 3.05) is 0 Å². The summed E-state index contributed by atoms with van der Waals surface area (Å²) in [4.78, 5) is 0. The van der Waals surface area contributed by atoms with Crippen molar-refractivity contribution >= 4 is 15.9 Å². The van der Waals surface area contributed by atoms with E-state index in [2.05, 4.69) is 22.9 Å². The first-order chi connectivity index (χ1) is 4.67. The third-order valence-electron chi connectivity index (χ3n) is 1.74. The van der Waals surface area contributed by atoms with E-state index in [4.69, 9.17) is 0 Å². The minimum Gasteiger partial charge on any atom is -0.375 e. The molecule has 0 saturated carbocycles. The molecule has 0 fully saturated rings. The van der Waals surface area contributed by atoms with Crippen LogP contribution in [0.1, 0.15) is 13.3 Å². The topological polar surface area (TPSA) is 20.2 Å². The van der Waals surface area contributed by atoms with Crippen LogP contribution in [0, 0.1) is 5.92 Å². The Bertz CT molecular complexity index is 170. The summed E-state index contributed by atoms with van der Waals surface area (Å²) in [6.45, 7) is 2.06. The van der Waals surface area contributed by atoms with Gasteiger partial charge in [-0.1, -0.05) is 25.2 Å². The summed E-state index contributed by atoms with van der Waals surface area (Å²) in [5.74, 6) is 0.206. The van der Waals surface area contributed by atoms with Gasteiger partial charge in [0.15, 0.2) is 0 Å². The number of hydrogen-bond donors (Lipinski definition) is 1. The molecule has 0 heterocycles. The average molecular weight is 203 g/mol. The second kappa shape index (κ2) is 2.89. The van der Waals surface area contributed by atoms with E-state index in [0.717, 1.165) is 6.42 Å². The van der Waals surface area contributed by atoms with E-state index in [9.17, 15) is 5.11 Å². The predicted molar refractivity (Wildman–Crippen MR) is 45.9 cm³/mol. The molecule has 2 atom stereocenters. The highest BCUT2D eigenvalue weighted by Gasteiger charge is 2.28. The highest BCUT2D eigenvalue weighted by atomic mass is 79.9. The van der Waals surface area contributed by atoms with Crippen molar-refractivity contribution in [1.29, 1.82) is 0 Å². The van der Waals surface area contributed by atoms with Gasteiger partial charge in [0.05, 0.1) is 0 Å². The number of hydrogen-bond acceptors (Lipinski definition) is 1. The molecular weight excluding hydrogens is 192 g/mol. The molecule has 2 heteroatoms. The third-order valence-corrected chi connectivity index (χ3v) is 2.60. The molecule has 0 aliphatic heterocycles. The van der Waals surface area contributed by atoms with E-state index in [1.807, 2.05) is 18.2 Å². The van der Waals surface area contributed by atoms with Crippen LogP contribution in [0.15, 0.2) is 24.3 Å². The van der Waals surface area contributed by atoms with Crippen molar-refractivity contribution < 1.29 is 5.11 Å². The fourth-order valence-corrected chi connectivity index (χ4v) is 1.70. The van der Waals surface area contributed by atoms with Crippen molar-refractivity contribution in [1.82, 2.24) is 0 Å². The van der Waals surface area contributed by atoms with E-state index >= 15 is 0 Å². The van der Waals surface area contributed by atoms with Crippen LogP contribution in [0.4, 0.5) is 0 Å². The summed E-state index contributed by atoms with van der Waals surface area (Å²) in [6, 6.07) is 0. The lowest BCUT2D eigenvalue weighted by Gasteiger charge is -2.26. The largest absolute Gasteiger partial charge is 0.375 e. The van der Waals surface area contributed by atoms with Crippen LogP contribution in [0.25, 0.3) is 0 Å². The van der Waals surface area contributed by atoms with Crippen molar-refractivity contribution in [2.24, 2.45) is 5.92 Å². The fourth-order valence-electron chi connectivity index (χ4n) is 1.07. The number of halogens is 1. The maximum absolute atomic E-state index is 9.61. The van der Waals surface area contributed by atoms with Crippen molar-refractivity contribution in [3.8, 4) is 0 Å². The molecular formula is C8H11BrO. The Morgan fingerprint density at radius 2 is 2.30 bits per heavy atom. The standard InChI is InChI=1S/C8H11BrO/c1-2-7-5-3-4-6-8(7,9)10/h3-7,10H,2H2,1H3. The van der Waals surface area contributed by atoms with Crippen LogP contribution in [0.5, 0.6) is 0 Å². The van der Waals surface area contributed by atoms with Crippen molar-refractivity contribution in [2.45, 2.75) is 17.9 Å². The Morgan fingerprint density at radius 1 is 1.60 bits per heavy atom. The van der Waals surface area contributed by atoms with E-state index in [1.54, 1.807) is 6.08 Å². The molecule has 0 bridgehead atoms. The zero-order valence-corrected chi connectivity index (χ0v) is 7.51. The van der Waals surface area contributed by atoms with Gasteiger partial charge in [0, 0.05) is 5.92 Å². The lowest BCUT2D eigenvalue weighted by Crippen LogP contribution is -2.28. The van der Waals surface area contributed by atoms with Gasteiger partial charge in [-0.2, -0.15) is 0 Å². The van der Waals surface area contributed by atoms with Gasteiger partial charge in [-0.05, 0) is 28.4 Å². The SMILES string of the molecule is CCC1C=CC=CC1(O)Br. The maximum atomic E-state index is 9.61. The van der Waals surface area contributed by atoms with E-state index in [1.165, 1.54) is 0 Å². The first kappa shape index (κ1) is 8.02. The zero-order valence-electron chi connectivity index (χ0n) is 5.92. The molecule has 1 rings (SSSR count). The van der Waals surface area contributed by atoms with Gasteiger partial charge in [-0.3, -0.25) is 0 Å². The second-order valence-corrected chi connectivity index (χ2v) is 3.76. The van der Waals surface area contributed by atoms with Crippen LogP contribution in [0.3, 0.4) is 0 Å². The molecule has 0 saturated heterocycles. The van der Waals surface area contributed by atoms with Gasteiger partial charge >= 0.3 is 0 Å². The van der Waals surface area contributed by atoms with Crippen LogP contribution in [0.2, 0.25) is 0 Å². The fraction of sp³-hybridized carbons (Fsp3) is 0.500. The summed E-state index contributed by atoms with van der Waals surface area (Å²) in [5, 5.41) is 9.61. The molecule has 1 nitrogen and oxygen atoms in total. The minimum absolute atomic E-state index is 0.206. The van der Waals surface area contributed by atoms with Gasteiger partial charge in [0.1, 0.15) is 4.51 Å². The molecule has 1 N–H and O–H groups in total. The Labute approximate surface area is 69.6 Å². The minimum atomic E-state index is -0.809.